The van der Waals surface area contributed by atoms with Crippen LogP contribution in [0.25, 0.3) is 0 Å². The van der Waals surface area contributed by atoms with E-state index < -0.39 is 10.0 Å². The number of rotatable bonds is 8. The summed E-state index contributed by atoms with van der Waals surface area (Å²) in [6.45, 7) is 3.33. The van der Waals surface area contributed by atoms with Crippen LogP contribution in [-0.4, -0.2) is 41.6 Å². The number of hydrogen-bond donors (Lipinski definition) is 0. The van der Waals surface area contributed by atoms with E-state index in [1.54, 1.807) is 24.3 Å². The van der Waals surface area contributed by atoms with E-state index in [1.807, 2.05) is 25.1 Å². The molecule has 0 unspecified atom stereocenters. The monoisotopic (exact) mass is 469 g/mol. The number of aryl methyl sites for hydroxylation is 1. The van der Waals surface area contributed by atoms with Gasteiger partial charge >= 0.3 is 0 Å². The van der Waals surface area contributed by atoms with Crippen LogP contribution in [0.15, 0.2) is 51.8 Å². The molecule has 0 amide bonds. The van der Waals surface area contributed by atoms with Crippen molar-refractivity contribution in [1.82, 2.24) is 0 Å². The fourth-order valence-corrected chi connectivity index (χ4v) is 5.09. The molecule has 1 fully saturated rings. The first-order valence-electron chi connectivity index (χ1n) is 9.08. The lowest BCUT2D eigenvalue weighted by Crippen LogP contribution is -2.33. The highest BCUT2D eigenvalue weighted by atomic mass is 79.9. The number of anilines is 1. The molecule has 8 heteroatoms. The second-order valence-electron chi connectivity index (χ2n) is 6.52. The molecule has 0 atom stereocenters. The third-order valence-electron chi connectivity index (χ3n) is 4.49. The molecule has 28 heavy (non-hydrogen) atoms. The number of methoxy groups -OCH3 is 1. The van der Waals surface area contributed by atoms with Crippen molar-refractivity contribution in [1.29, 1.82) is 0 Å². The molecule has 3 rings (SSSR count). The highest BCUT2D eigenvalue weighted by molar-refractivity contribution is 9.10. The van der Waals surface area contributed by atoms with Crippen LogP contribution in [0.1, 0.15) is 18.4 Å². The lowest BCUT2D eigenvalue weighted by molar-refractivity contribution is -0.0471. The van der Waals surface area contributed by atoms with Crippen LogP contribution in [0.3, 0.4) is 0 Å². The van der Waals surface area contributed by atoms with Crippen molar-refractivity contribution in [2.24, 2.45) is 0 Å². The molecule has 0 aliphatic carbocycles. The Hall–Kier alpha value is -1.61. The molecular formula is C20H24BrNO5S. The van der Waals surface area contributed by atoms with E-state index in [9.17, 15) is 8.42 Å². The molecule has 0 bridgehead atoms. The summed E-state index contributed by atoms with van der Waals surface area (Å²) < 4.78 is 45.7. The van der Waals surface area contributed by atoms with E-state index in [0.29, 0.717) is 44.0 Å². The standard InChI is InChI=1S/C20H24BrNO5S/c1-15-5-10-18(25-2)19(14-15)28(23,24)22(17-8-6-16(21)7-9-17)11-3-4-20-26-12-13-27-20/h5-10,14,20H,3-4,11-13H2,1-2H3. The van der Waals surface area contributed by atoms with E-state index in [1.165, 1.54) is 11.4 Å². The van der Waals surface area contributed by atoms with Crippen molar-refractivity contribution in [3.8, 4) is 5.75 Å². The third kappa shape index (κ3) is 4.86. The van der Waals surface area contributed by atoms with Crippen LogP contribution in [0, 0.1) is 6.92 Å². The van der Waals surface area contributed by atoms with Crippen molar-refractivity contribution < 1.29 is 22.6 Å². The van der Waals surface area contributed by atoms with Gasteiger partial charge in [0, 0.05) is 17.4 Å². The first-order chi connectivity index (χ1) is 13.4. The molecule has 2 aromatic carbocycles. The first-order valence-corrected chi connectivity index (χ1v) is 11.3. The maximum atomic E-state index is 13.5. The summed E-state index contributed by atoms with van der Waals surface area (Å²) in [5.41, 5.74) is 1.45. The maximum Gasteiger partial charge on any atom is 0.268 e. The lowest BCUT2D eigenvalue weighted by Gasteiger charge is -2.26. The molecule has 0 aromatic heterocycles. The zero-order valence-corrected chi connectivity index (χ0v) is 18.3. The molecule has 1 aliphatic rings. The van der Waals surface area contributed by atoms with Gasteiger partial charge in [0.05, 0.1) is 26.0 Å². The summed E-state index contributed by atoms with van der Waals surface area (Å²) in [4.78, 5) is 0.159. The van der Waals surface area contributed by atoms with Crippen LogP contribution in [0.4, 0.5) is 5.69 Å². The molecule has 152 valence electrons. The van der Waals surface area contributed by atoms with Crippen LogP contribution in [-0.2, 0) is 19.5 Å². The summed E-state index contributed by atoms with van der Waals surface area (Å²) in [6, 6.07) is 12.4. The smallest absolute Gasteiger partial charge is 0.268 e. The molecule has 0 spiro atoms. The minimum Gasteiger partial charge on any atom is -0.495 e. The Morgan fingerprint density at radius 1 is 1.14 bits per heavy atom. The third-order valence-corrected chi connectivity index (χ3v) is 6.87. The largest absolute Gasteiger partial charge is 0.495 e. The van der Waals surface area contributed by atoms with Crippen molar-refractivity contribution in [2.75, 3.05) is 31.2 Å². The van der Waals surface area contributed by atoms with Crippen molar-refractivity contribution in [3.05, 3.63) is 52.5 Å². The summed E-state index contributed by atoms with van der Waals surface area (Å²) in [5, 5.41) is 0. The molecule has 0 saturated carbocycles. The van der Waals surface area contributed by atoms with E-state index in [4.69, 9.17) is 14.2 Å². The van der Waals surface area contributed by atoms with Crippen LogP contribution in [0.2, 0.25) is 0 Å². The zero-order chi connectivity index (χ0) is 20.1. The van der Waals surface area contributed by atoms with Gasteiger partial charge in [0.2, 0.25) is 0 Å². The van der Waals surface area contributed by atoms with Gasteiger partial charge in [-0.2, -0.15) is 0 Å². The minimum atomic E-state index is -3.82. The molecular weight excluding hydrogens is 446 g/mol. The number of ether oxygens (including phenoxy) is 3. The number of hydrogen-bond acceptors (Lipinski definition) is 5. The number of sulfonamides is 1. The summed E-state index contributed by atoms with van der Waals surface area (Å²) in [6.07, 6.45) is 0.977. The van der Waals surface area contributed by atoms with Crippen molar-refractivity contribution in [3.63, 3.8) is 0 Å². The van der Waals surface area contributed by atoms with Gasteiger partial charge in [0.15, 0.2) is 6.29 Å². The van der Waals surface area contributed by atoms with Gasteiger partial charge in [-0.25, -0.2) is 8.42 Å². The molecule has 0 radical (unpaired) electrons. The van der Waals surface area contributed by atoms with E-state index in [0.717, 1.165) is 10.0 Å². The predicted octanol–water partition coefficient (Wildman–Crippen LogP) is 4.11. The van der Waals surface area contributed by atoms with Gasteiger partial charge in [-0.1, -0.05) is 22.0 Å². The van der Waals surface area contributed by atoms with Gasteiger partial charge in [0.25, 0.3) is 10.0 Å². The van der Waals surface area contributed by atoms with Crippen LogP contribution < -0.4 is 9.04 Å². The fourth-order valence-electron chi connectivity index (χ4n) is 3.08. The minimum absolute atomic E-state index is 0.159. The molecule has 1 aliphatic heterocycles. The van der Waals surface area contributed by atoms with Crippen LogP contribution >= 0.6 is 15.9 Å². The zero-order valence-electron chi connectivity index (χ0n) is 15.9. The number of nitrogens with zero attached hydrogens (tertiary/aromatic N) is 1. The molecule has 1 heterocycles. The summed E-state index contributed by atoms with van der Waals surface area (Å²) in [5.74, 6) is 0.329. The maximum absolute atomic E-state index is 13.5. The molecule has 2 aromatic rings. The van der Waals surface area contributed by atoms with Gasteiger partial charge in [-0.3, -0.25) is 4.31 Å². The second-order valence-corrected chi connectivity index (χ2v) is 9.27. The average Bonchev–Trinajstić information content (AvgIpc) is 3.19. The van der Waals surface area contributed by atoms with E-state index in [-0.39, 0.29) is 11.2 Å². The Labute approximate surface area is 174 Å². The fraction of sp³-hybridized carbons (Fsp3) is 0.400. The second kappa shape index (κ2) is 9.26. The van der Waals surface area contributed by atoms with Crippen LogP contribution in [0.5, 0.6) is 5.75 Å². The van der Waals surface area contributed by atoms with Gasteiger partial charge in [0.1, 0.15) is 10.6 Å². The highest BCUT2D eigenvalue weighted by Crippen LogP contribution is 2.32. The topological polar surface area (TPSA) is 65.1 Å². The first kappa shape index (κ1) is 21.1. The van der Waals surface area contributed by atoms with Gasteiger partial charge < -0.3 is 14.2 Å². The molecule has 1 saturated heterocycles. The predicted molar refractivity (Wildman–Crippen MR) is 111 cm³/mol. The summed E-state index contributed by atoms with van der Waals surface area (Å²) in [7, 11) is -2.34. The Balaban J connectivity index is 1.92. The highest BCUT2D eigenvalue weighted by Gasteiger charge is 2.29. The molecule has 6 nitrogen and oxygen atoms in total. The Morgan fingerprint density at radius 3 is 2.46 bits per heavy atom. The normalized spacial score (nSPS) is 15.0. The Morgan fingerprint density at radius 2 is 1.82 bits per heavy atom. The average molecular weight is 470 g/mol. The SMILES string of the molecule is COc1ccc(C)cc1S(=O)(=O)N(CCCC1OCCO1)c1ccc(Br)cc1. The summed E-state index contributed by atoms with van der Waals surface area (Å²) >= 11 is 3.40. The van der Waals surface area contributed by atoms with Gasteiger partial charge in [-0.05, 0) is 55.3 Å². The number of benzene rings is 2. The lowest BCUT2D eigenvalue weighted by atomic mass is 10.2. The Kier molecular flexibility index (Phi) is 6.98. The number of halogens is 1. The van der Waals surface area contributed by atoms with Crippen molar-refractivity contribution >= 4 is 31.6 Å². The molecule has 0 N–H and O–H groups in total. The van der Waals surface area contributed by atoms with E-state index in [2.05, 4.69) is 15.9 Å². The van der Waals surface area contributed by atoms with Crippen molar-refractivity contribution in [2.45, 2.75) is 31.0 Å². The Bertz CT molecular complexity index is 895. The van der Waals surface area contributed by atoms with E-state index >= 15 is 0 Å². The van der Waals surface area contributed by atoms with Gasteiger partial charge in [-0.15, -0.1) is 0 Å². The quantitative estimate of drug-likeness (QED) is 0.581.